The summed E-state index contributed by atoms with van der Waals surface area (Å²) in [7, 11) is 1.88. The summed E-state index contributed by atoms with van der Waals surface area (Å²) in [5, 5.41) is 3.64. The van der Waals surface area contributed by atoms with E-state index in [9.17, 15) is 0 Å². The molecule has 4 rings (SSSR count). The van der Waals surface area contributed by atoms with Crippen molar-refractivity contribution in [2.75, 3.05) is 44.7 Å². The molecule has 2 fully saturated rings. The zero-order valence-corrected chi connectivity index (χ0v) is 18.8. The summed E-state index contributed by atoms with van der Waals surface area (Å²) in [6, 6.07) is 12.7. The topological polar surface area (TPSA) is 56.7 Å². The Hall–Kier alpha value is -1.90. The molecule has 0 unspecified atom stereocenters. The highest BCUT2D eigenvalue weighted by atomic mass is 127. The highest BCUT2D eigenvalue weighted by Gasteiger charge is 2.42. The molecule has 0 radical (unpaired) electrons. The van der Waals surface area contributed by atoms with Gasteiger partial charge < -0.3 is 15.1 Å². The molecular weight excluding hydrogens is 463 g/mol. The molecule has 0 bridgehead atoms. The van der Waals surface area contributed by atoms with E-state index >= 15 is 0 Å². The minimum Gasteiger partial charge on any atom is -0.356 e. The van der Waals surface area contributed by atoms with Gasteiger partial charge in [-0.25, -0.2) is 9.97 Å². The number of nitrogens with one attached hydrogen (secondary N) is 1. The molecule has 1 aromatic carbocycles. The largest absolute Gasteiger partial charge is 0.356 e. The molecule has 0 atom stereocenters. The SMILES string of the molecule is CN=C(NCC1(Cc2ccccc2)CC1)N1CCN(c2ncccn2)CC1.I. The first-order valence-corrected chi connectivity index (χ1v) is 9.80. The monoisotopic (exact) mass is 492 g/mol. The van der Waals surface area contributed by atoms with Crippen molar-refractivity contribution in [3.63, 3.8) is 0 Å². The van der Waals surface area contributed by atoms with E-state index in [1.54, 1.807) is 12.4 Å². The van der Waals surface area contributed by atoms with E-state index in [1.807, 2.05) is 13.1 Å². The van der Waals surface area contributed by atoms with E-state index < -0.39 is 0 Å². The fraction of sp³-hybridized carbons (Fsp3) is 0.476. The molecule has 1 N–H and O–H groups in total. The van der Waals surface area contributed by atoms with Crippen molar-refractivity contribution in [3.05, 3.63) is 54.4 Å². The van der Waals surface area contributed by atoms with Crippen molar-refractivity contribution < 1.29 is 0 Å². The maximum absolute atomic E-state index is 4.53. The van der Waals surface area contributed by atoms with E-state index in [2.05, 4.69) is 60.4 Å². The molecule has 1 saturated heterocycles. The van der Waals surface area contributed by atoms with Crippen molar-refractivity contribution in [3.8, 4) is 0 Å². The Bertz CT molecular complexity index is 755. The number of hydrogen-bond acceptors (Lipinski definition) is 4. The molecule has 150 valence electrons. The first kappa shape index (κ1) is 20.8. The third-order valence-corrected chi connectivity index (χ3v) is 5.63. The standard InChI is InChI=1S/C21H28N6.HI/c1-22-19(25-17-21(8-9-21)16-18-6-3-2-4-7-18)26-12-14-27(15-13-26)20-23-10-5-11-24-20;/h2-7,10-11H,8-9,12-17H2,1H3,(H,22,25);1H. The van der Waals surface area contributed by atoms with Crippen LogP contribution in [-0.2, 0) is 6.42 Å². The van der Waals surface area contributed by atoms with Crippen LogP contribution >= 0.6 is 24.0 Å². The quantitative estimate of drug-likeness (QED) is 0.396. The number of hydrogen-bond donors (Lipinski definition) is 1. The third-order valence-electron chi connectivity index (χ3n) is 5.63. The van der Waals surface area contributed by atoms with Gasteiger partial charge in [-0.1, -0.05) is 30.3 Å². The first-order valence-electron chi connectivity index (χ1n) is 9.80. The molecule has 28 heavy (non-hydrogen) atoms. The van der Waals surface area contributed by atoms with Gasteiger partial charge in [0.15, 0.2) is 5.96 Å². The molecular formula is C21H29IN6. The van der Waals surface area contributed by atoms with Crippen LogP contribution in [-0.4, -0.2) is 60.6 Å². The van der Waals surface area contributed by atoms with Crippen molar-refractivity contribution >= 4 is 35.9 Å². The highest BCUT2D eigenvalue weighted by molar-refractivity contribution is 14.0. The summed E-state index contributed by atoms with van der Waals surface area (Å²) in [4.78, 5) is 17.8. The maximum atomic E-state index is 4.53. The molecule has 0 spiro atoms. The average molecular weight is 492 g/mol. The van der Waals surface area contributed by atoms with Crippen LogP contribution in [0.2, 0.25) is 0 Å². The van der Waals surface area contributed by atoms with Crippen molar-refractivity contribution in [1.82, 2.24) is 20.2 Å². The molecule has 1 aliphatic carbocycles. The molecule has 2 aliphatic rings. The predicted molar refractivity (Wildman–Crippen MR) is 124 cm³/mol. The van der Waals surface area contributed by atoms with Gasteiger partial charge >= 0.3 is 0 Å². The van der Waals surface area contributed by atoms with Crippen LogP contribution < -0.4 is 10.2 Å². The summed E-state index contributed by atoms with van der Waals surface area (Å²) in [5.74, 6) is 1.84. The second-order valence-corrected chi connectivity index (χ2v) is 7.59. The molecule has 2 aromatic rings. The number of halogens is 1. The summed E-state index contributed by atoms with van der Waals surface area (Å²) < 4.78 is 0. The van der Waals surface area contributed by atoms with E-state index in [4.69, 9.17) is 0 Å². The van der Waals surface area contributed by atoms with Crippen molar-refractivity contribution in [1.29, 1.82) is 0 Å². The Labute approximate surface area is 184 Å². The molecule has 1 aliphatic heterocycles. The summed E-state index contributed by atoms with van der Waals surface area (Å²) >= 11 is 0. The Morgan fingerprint density at radius 2 is 1.71 bits per heavy atom. The zero-order valence-electron chi connectivity index (χ0n) is 16.4. The number of nitrogens with zero attached hydrogens (tertiary/aromatic N) is 5. The first-order chi connectivity index (χ1) is 13.3. The van der Waals surface area contributed by atoms with E-state index in [-0.39, 0.29) is 24.0 Å². The van der Waals surface area contributed by atoms with Gasteiger partial charge in [-0.3, -0.25) is 4.99 Å². The van der Waals surface area contributed by atoms with Gasteiger partial charge in [0.05, 0.1) is 0 Å². The van der Waals surface area contributed by atoms with E-state index in [0.29, 0.717) is 5.41 Å². The van der Waals surface area contributed by atoms with Gasteiger partial charge in [-0.2, -0.15) is 0 Å². The van der Waals surface area contributed by atoms with Crippen LogP contribution in [0.1, 0.15) is 18.4 Å². The number of benzene rings is 1. The number of rotatable bonds is 5. The molecule has 1 saturated carbocycles. The normalized spacial score (nSPS) is 18.4. The van der Waals surface area contributed by atoms with Crippen LogP contribution in [0.15, 0.2) is 53.8 Å². The lowest BCUT2D eigenvalue weighted by Crippen LogP contribution is -2.53. The molecule has 6 nitrogen and oxygen atoms in total. The smallest absolute Gasteiger partial charge is 0.225 e. The van der Waals surface area contributed by atoms with Crippen LogP contribution in [0.25, 0.3) is 0 Å². The van der Waals surface area contributed by atoms with Gasteiger partial charge in [-0.15, -0.1) is 24.0 Å². The van der Waals surface area contributed by atoms with Crippen LogP contribution in [0.4, 0.5) is 5.95 Å². The van der Waals surface area contributed by atoms with Crippen molar-refractivity contribution in [2.24, 2.45) is 10.4 Å². The Morgan fingerprint density at radius 1 is 1.04 bits per heavy atom. The molecule has 0 amide bonds. The maximum Gasteiger partial charge on any atom is 0.225 e. The molecule has 2 heterocycles. The van der Waals surface area contributed by atoms with Crippen LogP contribution in [0.3, 0.4) is 0 Å². The zero-order chi connectivity index (χ0) is 18.5. The number of aromatic nitrogens is 2. The number of guanidine groups is 1. The second kappa shape index (κ2) is 9.54. The minimum atomic E-state index is 0. The highest BCUT2D eigenvalue weighted by Crippen LogP contribution is 2.47. The van der Waals surface area contributed by atoms with Gasteiger partial charge in [0, 0.05) is 52.2 Å². The van der Waals surface area contributed by atoms with Crippen LogP contribution in [0.5, 0.6) is 0 Å². The second-order valence-electron chi connectivity index (χ2n) is 7.59. The lowest BCUT2D eigenvalue weighted by Gasteiger charge is -2.36. The van der Waals surface area contributed by atoms with E-state index in [1.165, 1.54) is 18.4 Å². The lowest BCUT2D eigenvalue weighted by atomic mass is 9.96. The van der Waals surface area contributed by atoms with Gasteiger partial charge in [0.2, 0.25) is 5.95 Å². The molecule has 1 aromatic heterocycles. The fourth-order valence-electron chi connectivity index (χ4n) is 3.79. The number of anilines is 1. The summed E-state index contributed by atoms with van der Waals surface area (Å²) in [5.41, 5.74) is 1.83. The van der Waals surface area contributed by atoms with Crippen molar-refractivity contribution in [2.45, 2.75) is 19.3 Å². The Kier molecular flexibility index (Phi) is 7.09. The Balaban J connectivity index is 0.00000225. The minimum absolute atomic E-state index is 0. The third kappa shape index (κ3) is 5.12. The van der Waals surface area contributed by atoms with Gasteiger partial charge in [0.25, 0.3) is 0 Å². The lowest BCUT2D eigenvalue weighted by molar-refractivity contribution is 0.363. The molecule has 7 heteroatoms. The van der Waals surface area contributed by atoms with Gasteiger partial charge in [0.1, 0.15) is 0 Å². The van der Waals surface area contributed by atoms with E-state index in [0.717, 1.165) is 51.1 Å². The summed E-state index contributed by atoms with van der Waals surface area (Å²) in [6.07, 6.45) is 7.35. The number of aliphatic imine (C=N–C) groups is 1. The average Bonchev–Trinajstić information content (AvgIpc) is 3.50. The number of piperazine rings is 1. The Morgan fingerprint density at radius 3 is 2.32 bits per heavy atom. The summed E-state index contributed by atoms with van der Waals surface area (Å²) in [6.45, 7) is 4.70. The predicted octanol–water partition coefficient (Wildman–Crippen LogP) is 2.81. The van der Waals surface area contributed by atoms with Gasteiger partial charge in [-0.05, 0) is 36.3 Å². The van der Waals surface area contributed by atoms with Crippen LogP contribution in [0, 0.1) is 5.41 Å². The fourth-order valence-corrected chi connectivity index (χ4v) is 3.79.